The number of hydrogen-bond donors (Lipinski definition) is 1. The van der Waals surface area contributed by atoms with Crippen molar-refractivity contribution in [1.29, 1.82) is 0 Å². The van der Waals surface area contributed by atoms with Gasteiger partial charge in [-0.2, -0.15) is 0 Å². The van der Waals surface area contributed by atoms with Crippen molar-refractivity contribution in [3.8, 4) is 0 Å². The molecule has 0 aliphatic heterocycles. The molecule has 1 heterocycles. The van der Waals surface area contributed by atoms with E-state index in [1.54, 1.807) is 12.1 Å². The van der Waals surface area contributed by atoms with Gasteiger partial charge in [0.25, 0.3) is 5.91 Å². The molecule has 1 atom stereocenters. The van der Waals surface area contributed by atoms with Crippen LogP contribution in [0.25, 0.3) is 0 Å². The molecule has 15 heavy (non-hydrogen) atoms. The van der Waals surface area contributed by atoms with Gasteiger partial charge in [0.2, 0.25) is 0 Å². The van der Waals surface area contributed by atoms with Gasteiger partial charge in [-0.15, -0.1) is 0 Å². The number of hydrogen-bond acceptors (Lipinski definition) is 2. The topological polar surface area (TPSA) is 42.0 Å². The first-order valence-corrected chi connectivity index (χ1v) is 5.29. The number of halogens is 1. The van der Waals surface area contributed by atoms with Crippen LogP contribution >= 0.6 is 11.6 Å². The van der Waals surface area contributed by atoms with Crippen LogP contribution in [0, 0.1) is 5.41 Å². The van der Waals surface area contributed by atoms with Gasteiger partial charge in [-0.1, -0.05) is 25.4 Å². The Bertz CT molecular complexity index is 403. The van der Waals surface area contributed by atoms with Crippen molar-refractivity contribution < 1.29 is 4.79 Å². The highest BCUT2D eigenvalue weighted by Gasteiger charge is 2.46. The SMILES string of the molecule is CC1(C)CC1NC(=O)c1cc(Cl)ccn1. The molecule has 0 spiro atoms. The highest BCUT2D eigenvalue weighted by atomic mass is 35.5. The molecular formula is C11H13ClN2O. The van der Waals surface area contributed by atoms with E-state index >= 15 is 0 Å². The molecular weight excluding hydrogens is 212 g/mol. The van der Waals surface area contributed by atoms with Gasteiger partial charge in [0, 0.05) is 17.3 Å². The van der Waals surface area contributed by atoms with Gasteiger partial charge < -0.3 is 5.32 Å². The van der Waals surface area contributed by atoms with Crippen LogP contribution in [0.15, 0.2) is 18.3 Å². The van der Waals surface area contributed by atoms with E-state index in [2.05, 4.69) is 24.1 Å². The Hall–Kier alpha value is -1.09. The smallest absolute Gasteiger partial charge is 0.270 e. The Labute approximate surface area is 93.8 Å². The van der Waals surface area contributed by atoms with Crippen LogP contribution in [0.5, 0.6) is 0 Å². The minimum atomic E-state index is -0.145. The Balaban J connectivity index is 2.03. The molecule has 80 valence electrons. The molecule has 3 nitrogen and oxygen atoms in total. The molecule has 0 aromatic carbocycles. The van der Waals surface area contributed by atoms with E-state index in [0.717, 1.165) is 6.42 Å². The van der Waals surface area contributed by atoms with Crippen LogP contribution < -0.4 is 5.32 Å². The van der Waals surface area contributed by atoms with Crippen molar-refractivity contribution in [1.82, 2.24) is 10.3 Å². The molecule has 1 aromatic heterocycles. The largest absolute Gasteiger partial charge is 0.347 e. The fraction of sp³-hybridized carbons (Fsp3) is 0.455. The van der Waals surface area contributed by atoms with Crippen molar-refractivity contribution in [2.24, 2.45) is 5.41 Å². The van der Waals surface area contributed by atoms with Gasteiger partial charge in [-0.05, 0) is 24.0 Å². The maximum Gasteiger partial charge on any atom is 0.270 e. The van der Waals surface area contributed by atoms with Gasteiger partial charge in [0.15, 0.2) is 0 Å². The lowest BCUT2D eigenvalue weighted by molar-refractivity contribution is 0.0941. The summed E-state index contributed by atoms with van der Waals surface area (Å²) in [5.41, 5.74) is 0.610. The van der Waals surface area contributed by atoms with Crippen molar-refractivity contribution in [2.75, 3.05) is 0 Å². The van der Waals surface area contributed by atoms with E-state index in [0.29, 0.717) is 10.7 Å². The van der Waals surface area contributed by atoms with Crippen LogP contribution in [-0.2, 0) is 0 Å². The third-order valence-electron chi connectivity index (χ3n) is 2.77. The van der Waals surface area contributed by atoms with Crippen LogP contribution in [0.2, 0.25) is 5.02 Å². The van der Waals surface area contributed by atoms with E-state index < -0.39 is 0 Å². The zero-order chi connectivity index (χ0) is 11.1. The normalized spacial score (nSPS) is 22.2. The summed E-state index contributed by atoms with van der Waals surface area (Å²) in [6, 6.07) is 3.50. The van der Waals surface area contributed by atoms with E-state index in [9.17, 15) is 4.79 Å². The number of carbonyl (C=O) groups excluding carboxylic acids is 1. The van der Waals surface area contributed by atoms with Crippen LogP contribution in [0.3, 0.4) is 0 Å². The summed E-state index contributed by atoms with van der Waals surface area (Å²) in [7, 11) is 0. The second kappa shape index (κ2) is 3.49. The van der Waals surface area contributed by atoms with Crippen LogP contribution in [0.1, 0.15) is 30.8 Å². The summed E-state index contributed by atoms with van der Waals surface area (Å²) in [5, 5.41) is 3.46. The Kier molecular flexibility index (Phi) is 2.43. The molecule has 1 aliphatic carbocycles. The summed E-state index contributed by atoms with van der Waals surface area (Å²) >= 11 is 5.78. The van der Waals surface area contributed by atoms with Crippen molar-refractivity contribution in [3.05, 3.63) is 29.0 Å². The van der Waals surface area contributed by atoms with Crippen LogP contribution in [0.4, 0.5) is 0 Å². The minimum absolute atomic E-state index is 0.145. The number of amides is 1. The van der Waals surface area contributed by atoms with E-state index in [1.165, 1.54) is 6.20 Å². The molecule has 1 unspecified atom stereocenters. The second-order valence-electron chi connectivity index (χ2n) is 4.58. The standard InChI is InChI=1S/C11H13ClN2O/c1-11(2)6-9(11)14-10(15)8-5-7(12)3-4-13-8/h3-5,9H,6H2,1-2H3,(H,14,15). The summed E-state index contributed by atoms with van der Waals surface area (Å²) in [4.78, 5) is 15.7. The minimum Gasteiger partial charge on any atom is -0.347 e. The lowest BCUT2D eigenvalue weighted by atomic mass is 10.2. The molecule has 1 amide bonds. The summed E-state index contributed by atoms with van der Waals surface area (Å²) < 4.78 is 0. The predicted octanol–water partition coefficient (Wildman–Crippen LogP) is 2.26. The van der Waals surface area contributed by atoms with Crippen molar-refractivity contribution in [3.63, 3.8) is 0 Å². The van der Waals surface area contributed by atoms with E-state index in [1.807, 2.05) is 0 Å². The number of pyridine rings is 1. The first-order valence-electron chi connectivity index (χ1n) is 4.91. The molecule has 0 radical (unpaired) electrons. The van der Waals surface area contributed by atoms with Crippen molar-refractivity contribution >= 4 is 17.5 Å². The van der Waals surface area contributed by atoms with Crippen molar-refractivity contribution in [2.45, 2.75) is 26.3 Å². The Morgan fingerprint density at radius 2 is 2.33 bits per heavy atom. The second-order valence-corrected chi connectivity index (χ2v) is 5.01. The van der Waals surface area contributed by atoms with Gasteiger partial charge in [0.1, 0.15) is 5.69 Å². The summed E-state index contributed by atoms with van der Waals surface area (Å²) in [6.45, 7) is 4.26. The number of nitrogens with zero attached hydrogens (tertiary/aromatic N) is 1. The number of aromatic nitrogens is 1. The molecule has 1 aliphatic rings. The zero-order valence-electron chi connectivity index (χ0n) is 8.75. The number of carbonyl (C=O) groups is 1. The maximum atomic E-state index is 11.7. The lowest BCUT2D eigenvalue weighted by Gasteiger charge is -2.06. The quantitative estimate of drug-likeness (QED) is 0.838. The van der Waals surface area contributed by atoms with Gasteiger partial charge in [-0.3, -0.25) is 9.78 Å². The molecule has 4 heteroatoms. The molecule has 0 bridgehead atoms. The average molecular weight is 225 g/mol. The number of rotatable bonds is 2. The Morgan fingerprint density at radius 3 is 2.87 bits per heavy atom. The fourth-order valence-corrected chi connectivity index (χ4v) is 1.63. The third-order valence-corrected chi connectivity index (χ3v) is 3.01. The molecule has 1 fully saturated rings. The first kappa shape index (κ1) is 10.4. The summed E-state index contributed by atoms with van der Waals surface area (Å²) in [5.74, 6) is -0.145. The molecule has 1 N–H and O–H groups in total. The van der Waals surface area contributed by atoms with Gasteiger partial charge >= 0.3 is 0 Å². The molecule has 2 rings (SSSR count). The maximum absolute atomic E-state index is 11.7. The average Bonchev–Trinajstić information content (AvgIpc) is 2.73. The molecule has 1 aromatic rings. The van der Waals surface area contributed by atoms with Gasteiger partial charge in [0.05, 0.1) is 0 Å². The molecule has 1 saturated carbocycles. The summed E-state index contributed by atoms with van der Waals surface area (Å²) in [6.07, 6.45) is 2.56. The first-order chi connectivity index (χ1) is 6.99. The van der Waals surface area contributed by atoms with E-state index in [-0.39, 0.29) is 17.4 Å². The monoisotopic (exact) mass is 224 g/mol. The highest BCUT2D eigenvalue weighted by Crippen LogP contribution is 2.44. The zero-order valence-corrected chi connectivity index (χ0v) is 9.51. The highest BCUT2D eigenvalue weighted by molar-refractivity contribution is 6.30. The Morgan fingerprint density at radius 1 is 1.67 bits per heavy atom. The third kappa shape index (κ3) is 2.29. The van der Waals surface area contributed by atoms with E-state index in [4.69, 9.17) is 11.6 Å². The number of nitrogens with one attached hydrogen (secondary N) is 1. The molecule has 0 saturated heterocycles. The van der Waals surface area contributed by atoms with Gasteiger partial charge in [-0.25, -0.2) is 0 Å². The lowest BCUT2D eigenvalue weighted by Crippen LogP contribution is -2.28. The fourth-order valence-electron chi connectivity index (χ4n) is 1.47. The predicted molar refractivity (Wildman–Crippen MR) is 58.9 cm³/mol. The van der Waals surface area contributed by atoms with Crippen LogP contribution in [-0.4, -0.2) is 16.9 Å².